The minimum atomic E-state index is 0.433. The summed E-state index contributed by atoms with van der Waals surface area (Å²) in [6, 6.07) is 0.433. The Hall–Kier alpha value is -1.16. The SMILES string of the molecule is NC1CCC(CNc2ncnc3c2CCCC3)CC1. The molecule has 2 aliphatic carbocycles. The Morgan fingerprint density at radius 2 is 1.89 bits per heavy atom. The summed E-state index contributed by atoms with van der Waals surface area (Å²) >= 11 is 0. The number of hydrogen-bond donors (Lipinski definition) is 2. The summed E-state index contributed by atoms with van der Waals surface area (Å²) in [7, 11) is 0. The van der Waals surface area contributed by atoms with Crippen molar-refractivity contribution in [3.63, 3.8) is 0 Å². The summed E-state index contributed by atoms with van der Waals surface area (Å²) < 4.78 is 0. The van der Waals surface area contributed by atoms with E-state index < -0.39 is 0 Å². The Bertz CT molecular complexity index is 424. The molecule has 0 saturated heterocycles. The molecule has 3 N–H and O–H groups in total. The molecule has 104 valence electrons. The molecule has 3 rings (SSSR count). The van der Waals surface area contributed by atoms with Crippen LogP contribution in [0.5, 0.6) is 0 Å². The van der Waals surface area contributed by atoms with Gasteiger partial charge in [0.2, 0.25) is 0 Å². The van der Waals surface area contributed by atoms with Crippen LogP contribution in [0.3, 0.4) is 0 Å². The van der Waals surface area contributed by atoms with Crippen LogP contribution in [-0.4, -0.2) is 22.6 Å². The summed E-state index contributed by atoms with van der Waals surface area (Å²) in [5, 5.41) is 3.57. The highest BCUT2D eigenvalue weighted by Crippen LogP contribution is 2.26. The van der Waals surface area contributed by atoms with Crippen molar-refractivity contribution >= 4 is 5.82 Å². The summed E-state index contributed by atoms with van der Waals surface area (Å²) in [5.41, 5.74) is 8.58. The van der Waals surface area contributed by atoms with Crippen LogP contribution < -0.4 is 11.1 Å². The van der Waals surface area contributed by atoms with Crippen LogP contribution in [-0.2, 0) is 12.8 Å². The minimum absolute atomic E-state index is 0.433. The lowest BCUT2D eigenvalue weighted by molar-refractivity contribution is 0.338. The molecule has 1 heterocycles. The second-order valence-electron chi connectivity index (χ2n) is 6.02. The lowest BCUT2D eigenvalue weighted by Crippen LogP contribution is -2.29. The highest BCUT2D eigenvalue weighted by molar-refractivity contribution is 5.46. The maximum absolute atomic E-state index is 5.95. The van der Waals surface area contributed by atoms with E-state index in [-0.39, 0.29) is 0 Å². The fourth-order valence-electron chi connectivity index (χ4n) is 3.31. The largest absolute Gasteiger partial charge is 0.369 e. The Morgan fingerprint density at radius 3 is 2.74 bits per heavy atom. The van der Waals surface area contributed by atoms with E-state index in [9.17, 15) is 0 Å². The molecule has 0 amide bonds. The minimum Gasteiger partial charge on any atom is -0.369 e. The Morgan fingerprint density at radius 1 is 1.11 bits per heavy atom. The first-order valence-corrected chi connectivity index (χ1v) is 7.65. The fourth-order valence-corrected chi connectivity index (χ4v) is 3.31. The number of anilines is 1. The number of fused-ring (bicyclic) bond motifs is 1. The molecule has 1 fully saturated rings. The quantitative estimate of drug-likeness (QED) is 0.875. The maximum Gasteiger partial charge on any atom is 0.132 e. The Labute approximate surface area is 115 Å². The highest BCUT2D eigenvalue weighted by atomic mass is 15.0. The molecule has 0 aliphatic heterocycles. The summed E-state index contributed by atoms with van der Waals surface area (Å²) in [6.45, 7) is 1.04. The first kappa shape index (κ1) is 12.9. The second-order valence-corrected chi connectivity index (χ2v) is 6.02. The van der Waals surface area contributed by atoms with E-state index in [0.717, 1.165) is 31.1 Å². The zero-order valence-electron chi connectivity index (χ0n) is 11.6. The number of aromatic nitrogens is 2. The monoisotopic (exact) mass is 260 g/mol. The van der Waals surface area contributed by atoms with Crippen molar-refractivity contribution in [1.29, 1.82) is 0 Å². The van der Waals surface area contributed by atoms with Gasteiger partial charge in [-0.3, -0.25) is 0 Å². The number of hydrogen-bond acceptors (Lipinski definition) is 4. The van der Waals surface area contributed by atoms with Crippen molar-refractivity contribution in [2.24, 2.45) is 11.7 Å². The lowest BCUT2D eigenvalue weighted by atomic mass is 9.86. The van der Waals surface area contributed by atoms with Crippen LogP contribution in [0.25, 0.3) is 0 Å². The van der Waals surface area contributed by atoms with Crippen LogP contribution in [0.2, 0.25) is 0 Å². The Balaban J connectivity index is 1.61. The van der Waals surface area contributed by atoms with E-state index in [1.54, 1.807) is 6.33 Å². The van der Waals surface area contributed by atoms with E-state index in [1.165, 1.54) is 49.8 Å². The molecule has 4 nitrogen and oxygen atoms in total. The molecule has 0 radical (unpaired) electrons. The second kappa shape index (κ2) is 5.87. The average Bonchev–Trinajstić information content (AvgIpc) is 2.47. The van der Waals surface area contributed by atoms with Gasteiger partial charge in [-0.05, 0) is 57.3 Å². The number of nitrogens with one attached hydrogen (secondary N) is 1. The van der Waals surface area contributed by atoms with Gasteiger partial charge in [0, 0.05) is 23.8 Å². The van der Waals surface area contributed by atoms with Crippen LogP contribution in [0.15, 0.2) is 6.33 Å². The van der Waals surface area contributed by atoms with Gasteiger partial charge in [0.15, 0.2) is 0 Å². The molecule has 0 atom stereocenters. The molecular weight excluding hydrogens is 236 g/mol. The highest BCUT2D eigenvalue weighted by Gasteiger charge is 2.20. The Kier molecular flexibility index (Phi) is 3.97. The standard InChI is InChI=1S/C15H24N4/c16-12-7-5-11(6-8-12)9-17-15-13-3-1-2-4-14(13)18-10-19-15/h10-12H,1-9,16H2,(H,17,18,19). The lowest BCUT2D eigenvalue weighted by Gasteiger charge is -2.27. The number of nitrogens with zero attached hydrogens (tertiary/aromatic N) is 2. The average molecular weight is 260 g/mol. The summed E-state index contributed by atoms with van der Waals surface area (Å²) in [4.78, 5) is 8.86. The van der Waals surface area contributed by atoms with E-state index in [2.05, 4.69) is 15.3 Å². The van der Waals surface area contributed by atoms with Crippen molar-refractivity contribution in [3.8, 4) is 0 Å². The first-order chi connectivity index (χ1) is 9.33. The molecule has 19 heavy (non-hydrogen) atoms. The fraction of sp³-hybridized carbons (Fsp3) is 0.733. The summed E-state index contributed by atoms with van der Waals surface area (Å²) in [5.74, 6) is 1.84. The molecule has 2 aliphatic rings. The van der Waals surface area contributed by atoms with Gasteiger partial charge in [-0.2, -0.15) is 0 Å². The smallest absolute Gasteiger partial charge is 0.132 e. The topological polar surface area (TPSA) is 63.8 Å². The molecule has 0 unspecified atom stereocenters. The van der Waals surface area contributed by atoms with E-state index in [4.69, 9.17) is 5.73 Å². The molecule has 1 aromatic heterocycles. The number of aryl methyl sites for hydroxylation is 1. The predicted molar refractivity (Wildman–Crippen MR) is 77.1 cm³/mol. The third kappa shape index (κ3) is 3.06. The molecule has 4 heteroatoms. The molecule has 1 aromatic rings. The van der Waals surface area contributed by atoms with Gasteiger partial charge in [-0.25, -0.2) is 9.97 Å². The number of rotatable bonds is 3. The van der Waals surface area contributed by atoms with Gasteiger partial charge >= 0.3 is 0 Å². The first-order valence-electron chi connectivity index (χ1n) is 7.65. The van der Waals surface area contributed by atoms with Crippen LogP contribution in [0.1, 0.15) is 49.8 Å². The van der Waals surface area contributed by atoms with Gasteiger partial charge in [0.1, 0.15) is 12.1 Å². The van der Waals surface area contributed by atoms with Crippen LogP contribution >= 0.6 is 0 Å². The van der Waals surface area contributed by atoms with E-state index in [1.807, 2.05) is 0 Å². The van der Waals surface area contributed by atoms with Crippen molar-refractivity contribution < 1.29 is 0 Å². The molecule has 0 spiro atoms. The molecule has 1 saturated carbocycles. The number of nitrogens with two attached hydrogens (primary N) is 1. The van der Waals surface area contributed by atoms with Crippen molar-refractivity contribution in [2.45, 2.75) is 57.4 Å². The zero-order chi connectivity index (χ0) is 13.1. The normalized spacial score (nSPS) is 26.8. The van der Waals surface area contributed by atoms with Gasteiger partial charge in [0.05, 0.1) is 0 Å². The third-order valence-electron chi connectivity index (χ3n) is 4.57. The van der Waals surface area contributed by atoms with Crippen molar-refractivity contribution in [1.82, 2.24) is 9.97 Å². The maximum atomic E-state index is 5.95. The van der Waals surface area contributed by atoms with Gasteiger partial charge in [-0.15, -0.1) is 0 Å². The van der Waals surface area contributed by atoms with Crippen molar-refractivity contribution in [3.05, 3.63) is 17.6 Å². The van der Waals surface area contributed by atoms with Gasteiger partial charge in [-0.1, -0.05) is 0 Å². The molecule has 0 bridgehead atoms. The molecule has 0 aromatic carbocycles. The van der Waals surface area contributed by atoms with Gasteiger partial charge in [0.25, 0.3) is 0 Å². The van der Waals surface area contributed by atoms with E-state index in [0.29, 0.717) is 6.04 Å². The van der Waals surface area contributed by atoms with Crippen molar-refractivity contribution in [2.75, 3.05) is 11.9 Å². The van der Waals surface area contributed by atoms with Crippen LogP contribution in [0.4, 0.5) is 5.82 Å². The zero-order valence-corrected chi connectivity index (χ0v) is 11.6. The summed E-state index contributed by atoms with van der Waals surface area (Å²) in [6.07, 6.45) is 11.4. The van der Waals surface area contributed by atoms with Crippen LogP contribution in [0, 0.1) is 5.92 Å². The third-order valence-corrected chi connectivity index (χ3v) is 4.57. The predicted octanol–water partition coefficient (Wildman–Crippen LogP) is 2.28. The van der Waals surface area contributed by atoms with Gasteiger partial charge < -0.3 is 11.1 Å². The van der Waals surface area contributed by atoms with E-state index >= 15 is 0 Å². The molecular formula is C15H24N4.